The molecule has 6 nitrogen and oxygen atoms in total. The number of rotatable bonds is 3. The third-order valence-electron chi connectivity index (χ3n) is 6.25. The fourth-order valence-electron chi connectivity index (χ4n) is 4.36. The van der Waals surface area contributed by atoms with E-state index < -0.39 is 0 Å². The van der Waals surface area contributed by atoms with Crippen LogP contribution < -0.4 is 9.80 Å². The van der Waals surface area contributed by atoms with Crippen LogP contribution in [0, 0.1) is 0 Å². The molecule has 2 aromatic rings. The van der Waals surface area contributed by atoms with Gasteiger partial charge in [-0.2, -0.15) is 0 Å². The van der Waals surface area contributed by atoms with Crippen LogP contribution in [0.1, 0.15) is 16.8 Å². The number of hydrogen-bond acceptors (Lipinski definition) is 4. The van der Waals surface area contributed by atoms with Crippen LogP contribution in [0.4, 0.5) is 11.4 Å². The molecule has 152 valence electrons. The van der Waals surface area contributed by atoms with Gasteiger partial charge in [-0.1, -0.05) is 18.2 Å². The number of amides is 2. The van der Waals surface area contributed by atoms with Gasteiger partial charge in [0.1, 0.15) is 0 Å². The van der Waals surface area contributed by atoms with E-state index in [0.29, 0.717) is 31.7 Å². The first-order chi connectivity index (χ1) is 13.9. The second-order valence-corrected chi connectivity index (χ2v) is 8.31. The summed E-state index contributed by atoms with van der Waals surface area (Å²) in [6.07, 6.45) is 0.863. The zero-order valence-electron chi connectivity index (χ0n) is 17.3. The molecule has 0 aliphatic carbocycles. The Morgan fingerprint density at radius 3 is 2.34 bits per heavy atom. The Morgan fingerprint density at radius 2 is 1.69 bits per heavy atom. The van der Waals surface area contributed by atoms with Crippen molar-refractivity contribution in [3.8, 4) is 0 Å². The van der Waals surface area contributed by atoms with Gasteiger partial charge in [0.15, 0.2) is 0 Å². The number of para-hydroxylation sites is 1. The Morgan fingerprint density at radius 1 is 1.00 bits per heavy atom. The lowest BCUT2D eigenvalue weighted by Crippen LogP contribution is -2.64. The van der Waals surface area contributed by atoms with Gasteiger partial charge in [0, 0.05) is 50.7 Å². The molecule has 2 fully saturated rings. The highest BCUT2D eigenvalue weighted by atomic mass is 16.2. The molecule has 0 N–H and O–H groups in total. The van der Waals surface area contributed by atoms with E-state index in [9.17, 15) is 9.59 Å². The van der Waals surface area contributed by atoms with Crippen LogP contribution in [-0.4, -0.2) is 74.5 Å². The number of anilines is 2. The number of piperazine rings is 1. The van der Waals surface area contributed by atoms with Crippen LogP contribution >= 0.6 is 0 Å². The number of likely N-dealkylation sites (tertiary alicyclic amines) is 1. The van der Waals surface area contributed by atoms with Crippen molar-refractivity contribution in [1.82, 2.24) is 9.80 Å². The zero-order valence-corrected chi connectivity index (χ0v) is 17.3. The van der Waals surface area contributed by atoms with Crippen molar-refractivity contribution in [1.29, 1.82) is 0 Å². The van der Waals surface area contributed by atoms with E-state index in [-0.39, 0.29) is 17.4 Å². The lowest BCUT2D eigenvalue weighted by atomic mass is 9.92. The van der Waals surface area contributed by atoms with Crippen molar-refractivity contribution in [3.05, 3.63) is 60.2 Å². The molecular formula is C23H28N4O2. The number of benzene rings is 2. The van der Waals surface area contributed by atoms with Gasteiger partial charge >= 0.3 is 0 Å². The lowest BCUT2D eigenvalue weighted by Gasteiger charge is -2.46. The summed E-state index contributed by atoms with van der Waals surface area (Å²) in [7, 11) is 5.97. The second-order valence-electron chi connectivity index (χ2n) is 8.31. The number of carbonyl (C=O) groups excluding carboxylic acids is 2. The van der Waals surface area contributed by atoms with Crippen LogP contribution in [0.15, 0.2) is 54.6 Å². The van der Waals surface area contributed by atoms with E-state index in [2.05, 4.69) is 4.90 Å². The third kappa shape index (κ3) is 3.60. The minimum atomic E-state index is -0.205. The van der Waals surface area contributed by atoms with Gasteiger partial charge in [-0.05, 0) is 49.9 Å². The summed E-state index contributed by atoms with van der Waals surface area (Å²) in [5, 5.41) is 0. The van der Waals surface area contributed by atoms with Gasteiger partial charge < -0.3 is 14.7 Å². The average Bonchev–Trinajstić information content (AvgIpc) is 3.16. The molecule has 6 heteroatoms. The largest absolute Gasteiger partial charge is 0.378 e. The number of likely N-dealkylation sites (N-methyl/N-ethyl adjacent to an activating group) is 1. The van der Waals surface area contributed by atoms with E-state index >= 15 is 0 Å². The molecule has 29 heavy (non-hydrogen) atoms. The minimum Gasteiger partial charge on any atom is -0.378 e. The molecule has 2 aliphatic heterocycles. The molecule has 0 aromatic heterocycles. The van der Waals surface area contributed by atoms with Crippen molar-refractivity contribution in [2.75, 3.05) is 57.1 Å². The van der Waals surface area contributed by atoms with E-state index in [0.717, 1.165) is 17.8 Å². The fourth-order valence-corrected chi connectivity index (χ4v) is 4.36. The molecule has 0 unspecified atom stereocenters. The van der Waals surface area contributed by atoms with E-state index in [1.54, 1.807) is 0 Å². The molecule has 2 saturated heterocycles. The Bertz CT molecular complexity index is 897. The van der Waals surface area contributed by atoms with Crippen LogP contribution in [0.2, 0.25) is 0 Å². The first-order valence-electron chi connectivity index (χ1n) is 10.0. The molecule has 4 rings (SSSR count). The Balaban J connectivity index is 1.52. The maximum Gasteiger partial charge on any atom is 0.253 e. The highest BCUT2D eigenvalue weighted by Crippen LogP contribution is 2.34. The third-order valence-corrected chi connectivity index (χ3v) is 6.25. The Hall–Kier alpha value is -2.86. The number of hydrogen-bond donors (Lipinski definition) is 0. The molecule has 1 spiro atoms. The molecule has 0 radical (unpaired) electrons. The second kappa shape index (κ2) is 7.52. The molecule has 2 amide bonds. The van der Waals surface area contributed by atoms with Gasteiger partial charge in [-0.15, -0.1) is 0 Å². The normalized spacial score (nSPS) is 22.4. The molecule has 2 heterocycles. The van der Waals surface area contributed by atoms with Crippen molar-refractivity contribution >= 4 is 23.2 Å². The molecular weight excluding hydrogens is 364 g/mol. The SMILES string of the molecule is CN(C)c1ccc(C(=O)N2CC[C@@]3(C2)CN(c2ccccc2)C(=O)CN3C)cc1. The number of nitrogens with zero attached hydrogens (tertiary/aromatic N) is 4. The molecule has 0 bridgehead atoms. The average molecular weight is 393 g/mol. The van der Waals surface area contributed by atoms with Gasteiger partial charge in [-0.25, -0.2) is 0 Å². The van der Waals surface area contributed by atoms with E-state index in [1.807, 2.05) is 90.4 Å². The summed E-state index contributed by atoms with van der Waals surface area (Å²) in [6.45, 7) is 2.31. The minimum absolute atomic E-state index is 0.0590. The first kappa shape index (κ1) is 19.5. The first-order valence-corrected chi connectivity index (χ1v) is 10.0. The zero-order chi connectivity index (χ0) is 20.6. The topological polar surface area (TPSA) is 47.1 Å². The maximum absolute atomic E-state index is 13.1. The van der Waals surface area contributed by atoms with Crippen LogP contribution in [-0.2, 0) is 4.79 Å². The standard InChI is InChI=1S/C23H28N4O2/c1-24(2)19-11-9-18(10-12-19)22(29)26-14-13-23(16-26)17-27(21(28)15-25(23)3)20-7-5-4-6-8-20/h4-12H,13-17H2,1-3H3/t23-/m1/s1. The quantitative estimate of drug-likeness (QED) is 0.804. The van der Waals surface area contributed by atoms with E-state index in [4.69, 9.17) is 0 Å². The van der Waals surface area contributed by atoms with Crippen molar-refractivity contribution < 1.29 is 9.59 Å². The highest BCUT2D eigenvalue weighted by Gasteiger charge is 2.48. The van der Waals surface area contributed by atoms with Crippen LogP contribution in [0.3, 0.4) is 0 Å². The Labute approximate surface area is 172 Å². The van der Waals surface area contributed by atoms with Crippen molar-refractivity contribution in [2.24, 2.45) is 0 Å². The van der Waals surface area contributed by atoms with Gasteiger partial charge in [0.25, 0.3) is 5.91 Å². The Kier molecular flexibility index (Phi) is 5.04. The summed E-state index contributed by atoms with van der Waals surface area (Å²) < 4.78 is 0. The predicted octanol–water partition coefficient (Wildman–Crippen LogP) is 2.32. The smallest absolute Gasteiger partial charge is 0.253 e. The summed E-state index contributed by atoms with van der Waals surface area (Å²) in [4.78, 5) is 33.7. The lowest BCUT2D eigenvalue weighted by molar-refractivity contribution is -0.123. The van der Waals surface area contributed by atoms with Crippen molar-refractivity contribution in [3.63, 3.8) is 0 Å². The van der Waals surface area contributed by atoms with Gasteiger partial charge in [0.05, 0.1) is 12.1 Å². The maximum atomic E-state index is 13.1. The fraction of sp³-hybridized carbons (Fsp3) is 0.391. The van der Waals surface area contributed by atoms with E-state index in [1.165, 1.54) is 0 Å². The summed E-state index contributed by atoms with van der Waals surface area (Å²) in [5.74, 6) is 0.164. The van der Waals surface area contributed by atoms with Gasteiger partial charge in [-0.3, -0.25) is 14.5 Å². The van der Waals surface area contributed by atoms with Crippen LogP contribution in [0.25, 0.3) is 0 Å². The van der Waals surface area contributed by atoms with Crippen molar-refractivity contribution in [2.45, 2.75) is 12.0 Å². The summed E-state index contributed by atoms with van der Waals surface area (Å²) in [6, 6.07) is 17.5. The summed E-state index contributed by atoms with van der Waals surface area (Å²) in [5.41, 5.74) is 2.50. The highest BCUT2D eigenvalue weighted by molar-refractivity contribution is 5.97. The molecule has 1 atom stereocenters. The van der Waals surface area contributed by atoms with Gasteiger partial charge in [0.2, 0.25) is 5.91 Å². The summed E-state index contributed by atoms with van der Waals surface area (Å²) >= 11 is 0. The monoisotopic (exact) mass is 392 g/mol. The number of carbonyl (C=O) groups is 2. The predicted molar refractivity (Wildman–Crippen MR) is 115 cm³/mol. The molecule has 0 saturated carbocycles. The van der Waals surface area contributed by atoms with Crippen LogP contribution in [0.5, 0.6) is 0 Å². The molecule has 2 aliphatic rings. The molecule has 2 aromatic carbocycles.